The van der Waals surface area contributed by atoms with Gasteiger partial charge in [-0.1, -0.05) is 13.8 Å². The number of aromatic nitrogens is 3. The summed E-state index contributed by atoms with van der Waals surface area (Å²) in [5, 5.41) is 13.4. The fourth-order valence-electron chi connectivity index (χ4n) is 4.72. The number of hydrogen-bond donors (Lipinski definition) is 3. The second kappa shape index (κ2) is 11.6. The zero-order chi connectivity index (χ0) is 28.3. The Kier molecular flexibility index (Phi) is 8.98. The Hall–Kier alpha value is -3.25. The van der Waals surface area contributed by atoms with Crippen molar-refractivity contribution in [3.63, 3.8) is 0 Å². The van der Waals surface area contributed by atoms with Gasteiger partial charge in [0.15, 0.2) is 5.65 Å². The first-order valence-corrected chi connectivity index (χ1v) is 12.8. The zero-order valence-electron chi connectivity index (χ0n) is 21.8. The lowest BCUT2D eigenvalue weighted by Crippen LogP contribution is -2.40. The fourth-order valence-corrected chi connectivity index (χ4v) is 4.72. The maximum atomic E-state index is 13.7. The average Bonchev–Trinajstić information content (AvgIpc) is 3.21. The Morgan fingerprint density at radius 2 is 1.84 bits per heavy atom. The first kappa shape index (κ1) is 29.3. The first-order chi connectivity index (χ1) is 17.9. The number of nitrogens with zero attached hydrogens (tertiary/aromatic N) is 4. The number of alkyl halides is 4. The van der Waals surface area contributed by atoms with E-state index < -0.39 is 29.6 Å². The lowest BCUT2D eigenvalue weighted by molar-refractivity contribution is -0.112. The zero-order valence-corrected chi connectivity index (χ0v) is 21.8. The molecule has 1 saturated heterocycles. The molecule has 2 unspecified atom stereocenters. The molecule has 1 aliphatic heterocycles. The molecule has 0 aromatic carbocycles. The van der Waals surface area contributed by atoms with E-state index in [1.54, 1.807) is 23.0 Å². The van der Waals surface area contributed by atoms with E-state index >= 15 is 0 Å². The van der Waals surface area contributed by atoms with Gasteiger partial charge >= 0.3 is 6.03 Å². The van der Waals surface area contributed by atoms with Gasteiger partial charge in [0.05, 0.1) is 35.6 Å². The topological polar surface area (TPSA) is 129 Å². The molecule has 4 N–H and O–H groups in total. The number of halogens is 4. The Bertz CT molecular complexity index is 1150. The SMILES string of the molecule is CC.CC(=N)C(N)=O.O=C1NCC2C(CN1Cc1cnn3cc(CC4CCC(F)(F)CC4)nc3c1)C2(F)F. The number of hydrogen-bond acceptors (Lipinski definition) is 5. The standard InChI is InChI=1S/C20H23F4N5O.C3H6N2O.C2H6/c21-19(22)3-1-12(2-4-19)5-14-10-29-17(27-14)6-13(7-26-29)9-28-11-16-15(20(16,23)24)8-25-18(28)30;1-2(4)3(5)6;1-2/h6-7,10,12,15-16H,1-5,8-9,11H2,(H,25,30);4H,1H3,(H2,5,6);1-2H3. The van der Waals surface area contributed by atoms with Crippen molar-refractivity contribution in [1.82, 2.24) is 24.8 Å². The lowest BCUT2D eigenvalue weighted by Gasteiger charge is -2.27. The maximum Gasteiger partial charge on any atom is 0.317 e. The summed E-state index contributed by atoms with van der Waals surface area (Å²) < 4.78 is 55.7. The van der Waals surface area contributed by atoms with Gasteiger partial charge in [-0.2, -0.15) is 5.10 Å². The van der Waals surface area contributed by atoms with Gasteiger partial charge in [0.1, 0.15) is 0 Å². The largest absolute Gasteiger partial charge is 0.365 e. The molecule has 0 spiro atoms. The van der Waals surface area contributed by atoms with Crippen LogP contribution in [0.2, 0.25) is 0 Å². The van der Waals surface area contributed by atoms with Crippen LogP contribution in [0.15, 0.2) is 18.5 Å². The molecule has 3 fully saturated rings. The van der Waals surface area contributed by atoms with Gasteiger partial charge in [-0.05, 0) is 43.7 Å². The summed E-state index contributed by atoms with van der Waals surface area (Å²) in [5.41, 5.74) is 6.56. The number of fused-ring (bicyclic) bond motifs is 2. The van der Waals surface area contributed by atoms with Crippen LogP contribution in [0.3, 0.4) is 0 Å². The number of primary amides is 1. The third-order valence-electron chi connectivity index (χ3n) is 7.05. The van der Waals surface area contributed by atoms with E-state index in [0.717, 1.165) is 5.69 Å². The quantitative estimate of drug-likeness (QED) is 0.390. The van der Waals surface area contributed by atoms with Crippen molar-refractivity contribution >= 4 is 23.3 Å². The van der Waals surface area contributed by atoms with Crippen LogP contribution < -0.4 is 11.1 Å². The van der Waals surface area contributed by atoms with Crippen molar-refractivity contribution in [3.8, 4) is 0 Å². The lowest BCUT2D eigenvalue weighted by atomic mass is 9.84. The summed E-state index contributed by atoms with van der Waals surface area (Å²) in [6.45, 7) is 5.54. The summed E-state index contributed by atoms with van der Waals surface area (Å²) in [6.07, 6.45) is 4.83. The minimum absolute atomic E-state index is 0.000994. The summed E-state index contributed by atoms with van der Waals surface area (Å²) in [4.78, 5) is 27.9. The van der Waals surface area contributed by atoms with Crippen LogP contribution in [0.5, 0.6) is 0 Å². The Morgan fingerprint density at radius 3 is 2.45 bits per heavy atom. The number of rotatable bonds is 5. The number of carbonyl (C=O) groups excluding carboxylic acids is 2. The number of carbonyl (C=O) groups is 2. The number of urea groups is 1. The van der Waals surface area contributed by atoms with Crippen LogP contribution in [0, 0.1) is 23.2 Å². The van der Waals surface area contributed by atoms with E-state index in [1.807, 2.05) is 13.8 Å². The van der Waals surface area contributed by atoms with Crippen LogP contribution >= 0.6 is 0 Å². The maximum absolute atomic E-state index is 13.7. The molecule has 2 saturated carbocycles. The first-order valence-electron chi connectivity index (χ1n) is 12.8. The smallest absolute Gasteiger partial charge is 0.317 e. The van der Waals surface area contributed by atoms with Gasteiger partial charge in [0.25, 0.3) is 11.8 Å². The average molecular weight is 542 g/mol. The van der Waals surface area contributed by atoms with Gasteiger partial charge in [0, 0.05) is 32.5 Å². The van der Waals surface area contributed by atoms with E-state index in [1.165, 1.54) is 11.8 Å². The summed E-state index contributed by atoms with van der Waals surface area (Å²) in [5.74, 6) is -7.31. The number of nitrogens with two attached hydrogens (primary N) is 1. The molecule has 2 aromatic heterocycles. The Balaban J connectivity index is 0.000000443. The van der Waals surface area contributed by atoms with Crippen LogP contribution in [0.1, 0.15) is 57.7 Å². The van der Waals surface area contributed by atoms with Crippen LogP contribution in [0.25, 0.3) is 5.65 Å². The van der Waals surface area contributed by atoms with Gasteiger partial charge < -0.3 is 16.0 Å². The van der Waals surface area contributed by atoms with E-state index in [0.29, 0.717) is 30.5 Å². The van der Waals surface area contributed by atoms with Crippen molar-refractivity contribution in [1.29, 1.82) is 5.41 Å². The highest BCUT2D eigenvalue weighted by molar-refractivity contribution is 6.35. The highest BCUT2D eigenvalue weighted by Gasteiger charge is 2.69. The van der Waals surface area contributed by atoms with Crippen molar-refractivity contribution in [3.05, 3.63) is 29.7 Å². The minimum atomic E-state index is -2.71. The van der Waals surface area contributed by atoms with Crippen molar-refractivity contribution < 1.29 is 27.2 Å². The van der Waals surface area contributed by atoms with Crippen molar-refractivity contribution in [2.24, 2.45) is 23.5 Å². The Morgan fingerprint density at radius 1 is 1.21 bits per heavy atom. The molecule has 3 amide bonds. The summed E-state index contributed by atoms with van der Waals surface area (Å²) in [6, 6.07) is 1.43. The van der Waals surface area contributed by atoms with E-state index in [2.05, 4.69) is 21.1 Å². The number of imidazole rings is 1. The molecule has 9 nitrogen and oxygen atoms in total. The molecule has 13 heteroatoms. The molecule has 38 heavy (non-hydrogen) atoms. The second-order valence-corrected chi connectivity index (χ2v) is 9.85. The normalized spacial score (nSPS) is 23.6. The highest BCUT2D eigenvalue weighted by Crippen LogP contribution is 2.55. The molecule has 210 valence electrons. The molecular weight excluding hydrogens is 506 g/mol. The minimum Gasteiger partial charge on any atom is -0.365 e. The molecule has 2 aromatic rings. The van der Waals surface area contributed by atoms with Gasteiger partial charge in [-0.3, -0.25) is 10.2 Å². The second-order valence-electron chi connectivity index (χ2n) is 9.85. The fraction of sp³-hybridized carbons (Fsp3) is 0.640. The van der Waals surface area contributed by atoms with Gasteiger partial charge in [0.2, 0.25) is 5.92 Å². The van der Waals surface area contributed by atoms with E-state index in [-0.39, 0.29) is 50.1 Å². The molecule has 3 aliphatic rings. The van der Waals surface area contributed by atoms with Crippen LogP contribution in [0.4, 0.5) is 22.4 Å². The number of amides is 3. The Labute approximate surface area is 218 Å². The van der Waals surface area contributed by atoms with Crippen molar-refractivity contribution in [2.45, 2.75) is 71.3 Å². The van der Waals surface area contributed by atoms with Crippen LogP contribution in [-0.2, 0) is 17.8 Å². The monoisotopic (exact) mass is 541 g/mol. The molecule has 2 atom stereocenters. The molecule has 0 bridgehead atoms. The third-order valence-corrected chi connectivity index (χ3v) is 7.05. The van der Waals surface area contributed by atoms with Gasteiger partial charge in [-0.15, -0.1) is 0 Å². The predicted molar refractivity (Wildman–Crippen MR) is 133 cm³/mol. The molecule has 3 heterocycles. The van der Waals surface area contributed by atoms with E-state index in [9.17, 15) is 27.2 Å². The predicted octanol–water partition coefficient (Wildman–Crippen LogP) is 4.04. The number of nitrogens with one attached hydrogen (secondary N) is 2. The van der Waals surface area contributed by atoms with E-state index in [4.69, 9.17) is 5.41 Å². The van der Waals surface area contributed by atoms with Gasteiger partial charge in [-0.25, -0.2) is 31.9 Å². The molecular formula is C25H35F4N7O2. The summed E-state index contributed by atoms with van der Waals surface area (Å²) >= 11 is 0. The molecule has 2 aliphatic carbocycles. The van der Waals surface area contributed by atoms with Crippen LogP contribution in [-0.4, -0.2) is 62.1 Å². The van der Waals surface area contributed by atoms with Crippen molar-refractivity contribution in [2.75, 3.05) is 13.1 Å². The molecule has 5 rings (SSSR count). The molecule has 0 radical (unpaired) electrons. The third kappa shape index (κ3) is 6.98. The summed E-state index contributed by atoms with van der Waals surface area (Å²) in [7, 11) is 0. The highest BCUT2D eigenvalue weighted by atomic mass is 19.3.